The van der Waals surface area contributed by atoms with Crippen molar-refractivity contribution in [1.82, 2.24) is 5.32 Å². The van der Waals surface area contributed by atoms with Crippen molar-refractivity contribution in [1.29, 1.82) is 0 Å². The lowest BCUT2D eigenvalue weighted by Gasteiger charge is -2.17. The molecule has 0 heterocycles. The standard InChI is InChI=1S/C13H16ClN3O2/c1-7-2-5-9(10(14)6-7)13(18)16-11(8-3-4-8)12(15)17-19/h2,5-6,8,11,19H,3-4H2,1H3,(H2,15,17)(H,16,18). The Hall–Kier alpha value is -1.75. The van der Waals surface area contributed by atoms with E-state index in [2.05, 4.69) is 10.5 Å². The Kier molecular flexibility index (Phi) is 3.95. The van der Waals surface area contributed by atoms with Gasteiger partial charge in [-0.25, -0.2) is 0 Å². The van der Waals surface area contributed by atoms with Gasteiger partial charge in [-0.2, -0.15) is 0 Å². The molecule has 19 heavy (non-hydrogen) atoms. The second-order valence-electron chi connectivity index (χ2n) is 4.80. The molecule has 1 saturated carbocycles. The SMILES string of the molecule is Cc1ccc(C(=O)NC(/C(N)=N/O)C2CC2)c(Cl)c1. The Morgan fingerprint density at radius 3 is 2.79 bits per heavy atom. The van der Waals surface area contributed by atoms with Crippen molar-refractivity contribution < 1.29 is 10.0 Å². The van der Waals surface area contributed by atoms with E-state index in [9.17, 15) is 4.79 Å². The molecule has 6 heteroatoms. The van der Waals surface area contributed by atoms with Gasteiger partial charge in [0.15, 0.2) is 5.84 Å². The smallest absolute Gasteiger partial charge is 0.253 e. The van der Waals surface area contributed by atoms with E-state index in [0.29, 0.717) is 10.6 Å². The molecule has 1 unspecified atom stereocenters. The second-order valence-corrected chi connectivity index (χ2v) is 5.20. The molecule has 5 nitrogen and oxygen atoms in total. The number of nitrogens with one attached hydrogen (secondary N) is 1. The number of aryl methyl sites for hydroxylation is 1. The third-order valence-electron chi connectivity index (χ3n) is 3.18. The largest absolute Gasteiger partial charge is 0.409 e. The van der Waals surface area contributed by atoms with Gasteiger partial charge in [0.25, 0.3) is 5.91 Å². The molecule has 1 aliphatic carbocycles. The minimum atomic E-state index is -0.435. The Morgan fingerprint density at radius 2 is 2.26 bits per heavy atom. The van der Waals surface area contributed by atoms with Gasteiger partial charge in [-0.3, -0.25) is 4.79 Å². The highest BCUT2D eigenvalue weighted by Crippen LogP contribution is 2.33. The van der Waals surface area contributed by atoms with Crippen LogP contribution in [0.4, 0.5) is 0 Å². The summed E-state index contributed by atoms with van der Waals surface area (Å²) in [5, 5.41) is 14.9. The molecule has 0 saturated heterocycles. The summed E-state index contributed by atoms with van der Waals surface area (Å²) in [6.07, 6.45) is 1.92. The number of amides is 1. The Bertz CT molecular complexity index is 527. The van der Waals surface area contributed by atoms with Crippen molar-refractivity contribution in [3.05, 3.63) is 34.3 Å². The van der Waals surface area contributed by atoms with Crippen LogP contribution in [0.25, 0.3) is 0 Å². The fourth-order valence-electron chi connectivity index (χ4n) is 1.95. The fourth-order valence-corrected chi connectivity index (χ4v) is 2.27. The van der Waals surface area contributed by atoms with E-state index in [4.69, 9.17) is 22.5 Å². The number of nitrogens with two attached hydrogens (primary N) is 1. The maximum Gasteiger partial charge on any atom is 0.253 e. The highest BCUT2D eigenvalue weighted by molar-refractivity contribution is 6.34. The number of halogens is 1. The summed E-state index contributed by atoms with van der Waals surface area (Å²) in [6, 6.07) is 4.78. The number of benzene rings is 1. The van der Waals surface area contributed by atoms with E-state index in [-0.39, 0.29) is 17.7 Å². The predicted molar refractivity (Wildman–Crippen MR) is 73.6 cm³/mol. The first-order valence-electron chi connectivity index (χ1n) is 6.07. The Balaban J connectivity index is 2.15. The molecule has 0 spiro atoms. The maximum atomic E-state index is 12.2. The van der Waals surface area contributed by atoms with Crippen LogP contribution in [0.3, 0.4) is 0 Å². The molecule has 1 aromatic rings. The number of carbonyl (C=O) groups is 1. The van der Waals surface area contributed by atoms with Crippen LogP contribution >= 0.6 is 11.6 Å². The summed E-state index contributed by atoms with van der Waals surface area (Å²) in [7, 11) is 0. The van der Waals surface area contributed by atoms with Crippen LogP contribution in [-0.4, -0.2) is 23.0 Å². The lowest BCUT2D eigenvalue weighted by molar-refractivity contribution is 0.0943. The Morgan fingerprint density at radius 1 is 1.58 bits per heavy atom. The average Bonchev–Trinajstić information content (AvgIpc) is 3.19. The zero-order valence-corrected chi connectivity index (χ0v) is 11.3. The number of amidine groups is 1. The molecule has 1 atom stereocenters. The molecule has 4 N–H and O–H groups in total. The molecule has 102 valence electrons. The van der Waals surface area contributed by atoms with Gasteiger partial charge in [0.2, 0.25) is 0 Å². The van der Waals surface area contributed by atoms with Gasteiger partial charge < -0.3 is 16.3 Å². The van der Waals surface area contributed by atoms with Gasteiger partial charge in [-0.15, -0.1) is 0 Å². The monoisotopic (exact) mass is 281 g/mol. The van der Waals surface area contributed by atoms with Gasteiger partial charge in [0.05, 0.1) is 16.6 Å². The third kappa shape index (κ3) is 3.17. The molecule has 2 rings (SSSR count). The quantitative estimate of drug-likeness (QED) is 0.341. The summed E-state index contributed by atoms with van der Waals surface area (Å²) >= 11 is 6.04. The minimum absolute atomic E-state index is 0.0269. The molecule has 0 aromatic heterocycles. The fraction of sp³-hybridized carbons (Fsp3) is 0.385. The number of carbonyl (C=O) groups excluding carboxylic acids is 1. The summed E-state index contributed by atoms with van der Waals surface area (Å²) in [4.78, 5) is 12.2. The van der Waals surface area contributed by atoms with E-state index in [1.807, 2.05) is 13.0 Å². The van der Waals surface area contributed by atoms with Crippen LogP contribution in [0.1, 0.15) is 28.8 Å². The number of hydrogen-bond acceptors (Lipinski definition) is 3. The summed E-state index contributed by atoms with van der Waals surface area (Å²) in [6.45, 7) is 1.90. The first kappa shape index (κ1) is 13.7. The zero-order valence-electron chi connectivity index (χ0n) is 10.6. The first-order chi connectivity index (χ1) is 9.02. The van der Waals surface area contributed by atoms with Crippen LogP contribution in [0, 0.1) is 12.8 Å². The number of rotatable bonds is 4. The van der Waals surface area contributed by atoms with Crippen molar-refractivity contribution in [3.63, 3.8) is 0 Å². The topological polar surface area (TPSA) is 87.7 Å². The van der Waals surface area contributed by atoms with Gasteiger partial charge in [-0.05, 0) is 43.4 Å². The van der Waals surface area contributed by atoms with Crippen LogP contribution in [0.5, 0.6) is 0 Å². The molecule has 0 aliphatic heterocycles. The van der Waals surface area contributed by atoms with Crippen molar-refractivity contribution in [2.75, 3.05) is 0 Å². The molecule has 1 amide bonds. The lowest BCUT2D eigenvalue weighted by atomic mass is 10.1. The predicted octanol–water partition coefficient (Wildman–Crippen LogP) is 1.90. The van der Waals surface area contributed by atoms with Crippen LogP contribution in [0.2, 0.25) is 5.02 Å². The molecule has 1 aromatic carbocycles. The summed E-state index contributed by atoms with van der Waals surface area (Å²) in [5.41, 5.74) is 6.97. The molecular weight excluding hydrogens is 266 g/mol. The summed E-state index contributed by atoms with van der Waals surface area (Å²) in [5.74, 6) is -0.0448. The average molecular weight is 282 g/mol. The maximum absolute atomic E-state index is 12.2. The van der Waals surface area contributed by atoms with E-state index in [1.54, 1.807) is 12.1 Å². The van der Waals surface area contributed by atoms with Crippen LogP contribution < -0.4 is 11.1 Å². The van der Waals surface area contributed by atoms with Crippen LogP contribution in [0.15, 0.2) is 23.4 Å². The normalized spacial score (nSPS) is 17.1. The van der Waals surface area contributed by atoms with E-state index in [1.165, 1.54) is 0 Å². The third-order valence-corrected chi connectivity index (χ3v) is 3.50. The van der Waals surface area contributed by atoms with Crippen molar-refractivity contribution in [2.24, 2.45) is 16.8 Å². The van der Waals surface area contributed by atoms with Gasteiger partial charge >= 0.3 is 0 Å². The van der Waals surface area contributed by atoms with Crippen molar-refractivity contribution >= 4 is 23.3 Å². The van der Waals surface area contributed by atoms with Gasteiger partial charge in [-0.1, -0.05) is 22.8 Å². The number of nitrogens with zero attached hydrogens (tertiary/aromatic N) is 1. The van der Waals surface area contributed by atoms with Crippen molar-refractivity contribution in [3.8, 4) is 0 Å². The minimum Gasteiger partial charge on any atom is -0.409 e. The van der Waals surface area contributed by atoms with Gasteiger partial charge in [0.1, 0.15) is 0 Å². The molecule has 0 radical (unpaired) electrons. The molecule has 1 fully saturated rings. The van der Waals surface area contributed by atoms with Crippen LogP contribution in [-0.2, 0) is 0 Å². The van der Waals surface area contributed by atoms with Crippen molar-refractivity contribution in [2.45, 2.75) is 25.8 Å². The van der Waals surface area contributed by atoms with E-state index < -0.39 is 6.04 Å². The number of hydrogen-bond donors (Lipinski definition) is 3. The molecular formula is C13H16ClN3O2. The first-order valence-corrected chi connectivity index (χ1v) is 6.45. The van der Waals surface area contributed by atoms with E-state index >= 15 is 0 Å². The zero-order chi connectivity index (χ0) is 14.0. The lowest BCUT2D eigenvalue weighted by Crippen LogP contribution is -2.46. The Labute approximate surface area is 116 Å². The summed E-state index contributed by atoms with van der Waals surface area (Å²) < 4.78 is 0. The second kappa shape index (κ2) is 5.48. The molecule has 1 aliphatic rings. The highest BCUT2D eigenvalue weighted by atomic mass is 35.5. The highest BCUT2D eigenvalue weighted by Gasteiger charge is 2.35. The number of oxime groups is 1. The van der Waals surface area contributed by atoms with Gasteiger partial charge in [0, 0.05) is 0 Å². The molecule has 0 bridgehead atoms. The van der Waals surface area contributed by atoms with E-state index in [0.717, 1.165) is 18.4 Å².